The Balaban J connectivity index is 2.30. The van der Waals surface area contributed by atoms with Crippen LogP contribution in [0.3, 0.4) is 0 Å². The van der Waals surface area contributed by atoms with Gasteiger partial charge in [-0.3, -0.25) is 5.32 Å². The number of amides is 1. The van der Waals surface area contributed by atoms with Gasteiger partial charge in [-0.2, -0.15) is 9.61 Å². The third kappa shape index (κ3) is 2.99. The van der Waals surface area contributed by atoms with Gasteiger partial charge in [0.1, 0.15) is 11.9 Å². The summed E-state index contributed by atoms with van der Waals surface area (Å²) in [5.41, 5.74) is -0.603. The average molecular weight is 279 g/mol. The predicted octanol–water partition coefficient (Wildman–Crippen LogP) is 1.17. The van der Waals surface area contributed by atoms with Crippen molar-refractivity contribution in [2.24, 2.45) is 0 Å². The van der Waals surface area contributed by atoms with Crippen molar-refractivity contribution in [3.63, 3.8) is 0 Å². The summed E-state index contributed by atoms with van der Waals surface area (Å²) in [5.74, 6) is -1.17. The Morgan fingerprint density at radius 2 is 2.05 bits per heavy atom. The number of fused-ring (bicyclic) bond motifs is 1. The predicted molar refractivity (Wildman–Crippen MR) is 67.6 cm³/mol. The van der Waals surface area contributed by atoms with Gasteiger partial charge in [-0.1, -0.05) is 0 Å². The summed E-state index contributed by atoms with van der Waals surface area (Å²) in [5, 5.41) is 15.0. The second-order valence-electron chi connectivity index (χ2n) is 4.93. The second-order valence-corrected chi connectivity index (χ2v) is 4.93. The van der Waals surface area contributed by atoms with Crippen LogP contribution in [0.15, 0.2) is 12.4 Å². The lowest BCUT2D eigenvalue weighted by Gasteiger charge is -2.19. The van der Waals surface area contributed by atoms with Gasteiger partial charge in [0, 0.05) is 6.07 Å². The molecule has 0 aliphatic rings. The van der Waals surface area contributed by atoms with Crippen molar-refractivity contribution in [1.29, 1.82) is 0 Å². The summed E-state index contributed by atoms with van der Waals surface area (Å²) in [7, 11) is 0. The Labute approximate surface area is 113 Å². The lowest BCUT2D eigenvalue weighted by atomic mass is 10.2. The van der Waals surface area contributed by atoms with Crippen LogP contribution in [-0.2, 0) is 4.74 Å². The molecule has 0 spiro atoms. The Hall–Kier alpha value is -2.71. The van der Waals surface area contributed by atoms with Crippen molar-refractivity contribution in [3.8, 4) is 0 Å². The van der Waals surface area contributed by atoms with Crippen molar-refractivity contribution >= 4 is 23.7 Å². The van der Waals surface area contributed by atoms with Gasteiger partial charge in [-0.05, 0) is 20.8 Å². The number of carboxylic acids is 1. The molecule has 106 valence electrons. The molecule has 0 aliphatic carbocycles. The molecule has 0 aromatic carbocycles. The highest BCUT2D eigenvalue weighted by Crippen LogP contribution is 2.11. The summed E-state index contributed by atoms with van der Waals surface area (Å²) in [6, 6.07) is 1.27. The maximum atomic E-state index is 11.7. The van der Waals surface area contributed by atoms with E-state index in [-0.39, 0.29) is 17.3 Å². The first-order valence-corrected chi connectivity index (χ1v) is 5.70. The van der Waals surface area contributed by atoms with Crippen molar-refractivity contribution in [1.82, 2.24) is 19.6 Å². The molecule has 0 unspecified atom stereocenters. The number of hydrogen-bond donors (Lipinski definition) is 2. The fraction of sp³-hybridized carbons (Fsp3) is 0.364. The van der Waals surface area contributed by atoms with E-state index in [1.54, 1.807) is 20.8 Å². The van der Waals surface area contributed by atoms with Gasteiger partial charge < -0.3 is 9.84 Å². The first-order valence-electron chi connectivity index (χ1n) is 5.70. The number of anilines is 1. The van der Waals surface area contributed by atoms with Crippen LogP contribution >= 0.6 is 0 Å². The fourth-order valence-electron chi connectivity index (χ4n) is 1.40. The molecule has 2 heterocycles. The minimum absolute atomic E-state index is 0.0248. The maximum Gasteiger partial charge on any atom is 0.414 e. The van der Waals surface area contributed by atoms with Gasteiger partial charge in [-0.15, -0.1) is 0 Å². The van der Waals surface area contributed by atoms with E-state index in [4.69, 9.17) is 9.84 Å². The van der Waals surface area contributed by atoms with E-state index in [0.29, 0.717) is 0 Å². The molecule has 9 nitrogen and oxygen atoms in total. The molecule has 0 atom stereocenters. The van der Waals surface area contributed by atoms with E-state index >= 15 is 0 Å². The molecule has 9 heteroatoms. The van der Waals surface area contributed by atoms with E-state index in [9.17, 15) is 9.59 Å². The van der Waals surface area contributed by atoms with Crippen molar-refractivity contribution in [3.05, 3.63) is 18.1 Å². The Morgan fingerprint density at radius 3 is 2.65 bits per heavy atom. The van der Waals surface area contributed by atoms with Gasteiger partial charge in [0.2, 0.25) is 5.95 Å². The Kier molecular flexibility index (Phi) is 3.26. The molecule has 0 aliphatic heterocycles. The summed E-state index contributed by atoms with van der Waals surface area (Å²) >= 11 is 0. The van der Waals surface area contributed by atoms with Crippen LogP contribution in [-0.4, -0.2) is 42.4 Å². The third-order valence-corrected chi connectivity index (χ3v) is 2.09. The Bertz CT molecular complexity index is 673. The molecule has 0 radical (unpaired) electrons. The number of ether oxygens (including phenoxy) is 1. The SMILES string of the molecule is CC(C)(C)OC(=O)Nc1ncnc2cc(C(=O)O)nn12. The number of hydrogen-bond acceptors (Lipinski definition) is 6. The van der Waals surface area contributed by atoms with E-state index in [2.05, 4.69) is 20.4 Å². The van der Waals surface area contributed by atoms with Crippen LogP contribution in [0.25, 0.3) is 5.65 Å². The number of carbonyl (C=O) groups is 2. The minimum atomic E-state index is -1.20. The molecule has 0 saturated carbocycles. The van der Waals surface area contributed by atoms with Crippen LogP contribution in [0.5, 0.6) is 0 Å². The lowest BCUT2D eigenvalue weighted by molar-refractivity contribution is 0.0633. The van der Waals surface area contributed by atoms with Crippen molar-refractivity contribution in [2.45, 2.75) is 26.4 Å². The smallest absolute Gasteiger partial charge is 0.414 e. The van der Waals surface area contributed by atoms with Gasteiger partial charge in [0.05, 0.1) is 0 Å². The molecule has 0 fully saturated rings. The van der Waals surface area contributed by atoms with Gasteiger partial charge in [0.15, 0.2) is 11.3 Å². The highest BCUT2D eigenvalue weighted by atomic mass is 16.6. The zero-order valence-electron chi connectivity index (χ0n) is 11.1. The first-order chi connectivity index (χ1) is 9.26. The molecular weight excluding hydrogens is 266 g/mol. The van der Waals surface area contributed by atoms with Crippen LogP contribution in [0, 0.1) is 0 Å². The molecule has 2 aromatic heterocycles. The summed E-state index contributed by atoms with van der Waals surface area (Å²) in [4.78, 5) is 30.2. The quantitative estimate of drug-likeness (QED) is 0.846. The van der Waals surface area contributed by atoms with E-state index < -0.39 is 17.7 Å². The van der Waals surface area contributed by atoms with E-state index in [0.717, 1.165) is 4.52 Å². The molecule has 0 saturated heterocycles. The first kappa shape index (κ1) is 13.7. The van der Waals surface area contributed by atoms with Gasteiger partial charge in [-0.25, -0.2) is 19.6 Å². The summed E-state index contributed by atoms with van der Waals surface area (Å²) in [6.07, 6.45) is 0.472. The zero-order valence-corrected chi connectivity index (χ0v) is 11.1. The molecule has 2 N–H and O–H groups in total. The van der Waals surface area contributed by atoms with Crippen molar-refractivity contribution < 1.29 is 19.4 Å². The minimum Gasteiger partial charge on any atom is -0.476 e. The monoisotopic (exact) mass is 279 g/mol. The molecular formula is C11H13N5O4. The maximum absolute atomic E-state index is 11.7. The number of carboxylic acid groups (broad SMARTS) is 1. The van der Waals surface area contributed by atoms with Gasteiger partial charge >= 0.3 is 12.1 Å². The van der Waals surface area contributed by atoms with Crippen LogP contribution in [0.2, 0.25) is 0 Å². The Morgan fingerprint density at radius 1 is 1.35 bits per heavy atom. The highest BCUT2D eigenvalue weighted by Gasteiger charge is 2.19. The third-order valence-electron chi connectivity index (χ3n) is 2.09. The van der Waals surface area contributed by atoms with Crippen LogP contribution in [0.4, 0.5) is 10.7 Å². The fourth-order valence-corrected chi connectivity index (χ4v) is 1.40. The number of nitrogens with one attached hydrogen (secondary N) is 1. The number of aromatic nitrogens is 4. The number of nitrogens with zero attached hydrogens (tertiary/aromatic N) is 4. The zero-order chi connectivity index (χ0) is 14.9. The standard InChI is InChI=1S/C11H13N5O4/c1-11(2,3)20-10(19)14-9-13-5-12-7-4-6(8(17)18)15-16(7)9/h4-5H,1-3H3,(H,17,18)(H,12,13,14,19). The number of rotatable bonds is 2. The lowest BCUT2D eigenvalue weighted by Crippen LogP contribution is -2.28. The molecule has 0 bridgehead atoms. The largest absolute Gasteiger partial charge is 0.476 e. The highest BCUT2D eigenvalue weighted by molar-refractivity contribution is 5.87. The van der Waals surface area contributed by atoms with E-state index in [1.165, 1.54) is 12.4 Å². The normalized spacial score (nSPS) is 11.3. The number of carbonyl (C=O) groups excluding carboxylic acids is 1. The molecule has 2 rings (SSSR count). The summed E-state index contributed by atoms with van der Waals surface area (Å²) < 4.78 is 6.20. The second kappa shape index (κ2) is 4.76. The van der Waals surface area contributed by atoms with Crippen LogP contribution < -0.4 is 5.32 Å². The van der Waals surface area contributed by atoms with Crippen LogP contribution in [0.1, 0.15) is 31.3 Å². The molecule has 20 heavy (non-hydrogen) atoms. The van der Waals surface area contributed by atoms with Gasteiger partial charge in [0.25, 0.3) is 0 Å². The van der Waals surface area contributed by atoms with E-state index in [1.807, 2.05) is 0 Å². The molecule has 1 amide bonds. The topological polar surface area (TPSA) is 119 Å². The summed E-state index contributed by atoms with van der Waals surface area (Å²) in [6.45, 7) is 5.16. The number of aromatic carboxylic acids is 1. The van der Waals surface area contributed by atoms with Crippen molar-refractivity contribution in [2.75, 3.05) is 5.32 Å². The molecule has 2 aromatic rings. The average Bonchev–Trinajstić information content (AvgIpc) is 2.71.